The Morgan fingerprint density at radius 1 is 1.07 bits per heavy atom. The van der Waals surface area contributed by atoms with Gasteiger partial charge in [-0.2, -0.15) is 0 Å². The normalized spacial score (nSPS) is 35.4. The Morgan fingerprint density at radius 3 is 2.25 bits per heavy atom. The number of hydrogen-bond acceptors (Lipinski definition) is 4. The van der Waals surface area contributed by atoms with E-state index < -0.39 is 11.9 Å². The summed E-state index contributed by atoms with van der Waals surface area (Å²) in [7, 11) is 0. The van der Waals surface area contributed by atoms with Crippen LogP contribution >= 0.6 is 0 Å². The largest absolute Gasteiger partial charge is 0.324 e. The molecule has 1 aromatic carbocycles. The fourth-order valence-corrected chi connectivity index (χ4v) is 5.54. The van der Waals surface area contributed by atoms with Crippen LogP contribution in [0.5, 0.6) is 0 Å². The van der Waals surface area contributed by atoms with Gasteiger partial charge in [0.2, 0.25) is 17.7 Å². The van der Waals surface area contributed by atoms with Crippen LogP contribution in [0.2, 0.25) is 0 Å². The summed E-state index contributed by atoms with van der Waals surface area (Å²) in [6.07, 6.45) is 5.35. The van der Waals surface area contributed by atoms with Gasteiger partial charge in [0.1, 0.15) is 6.04 Å². The molecule has 2 saturated carbocycles. The van der Waals surface area contributed by atoms with Crippen LogP contribution in [0.25, 0.3) is 0 Å². The number of likely N-dealkylation sites (tertiary alicyclic amines) is 1. The summed E-state index contributed by atoms with van der Waals surface area (Å²) in [6, 6.07) is 5.75. The Labute approximate surface area is 163 Å². The molecule has 3 amide bonds. The van der Waals surface area contributed by atoms with Gasteiger partial charge in [-0.15, -0.1) is 0 Å². The summed E-state index contributed by atoms with van der Waals surface area (Å²) in [6.45, 7) is 3.05. The number of allylic oxidation sites excluding steroid dienone is 2. The van der Waals surface area contributed by atoms with Gasteiger partial charge in [0.05, 0.1) is 11.8 Å². The topological polar surface area (TPSA) is 83.6 Å². The van der Waals surface area contributed by atoms with Crippen molar-refractivity contribution in [3.05, 3.63) is 42.0 Å². The molecular weight excluding hydrogens is 356 g/mol. The van der Waals surface area contributed by atoms with Crippen molar-refractivity contribution in [2.75, 3.05) is 5.32 Å². The number of nitrogens with zero attached hydrogens (tertiary/aromatic N) is 1. The number of hydrogen-bond donors (Lipinski definition) is 1. The standard InChI is InChI=1S/C22H22N2O4/c1-10(20(26)23-13-5-3-4-12(8-13)11(2)25)24-21(27)18-14-6-7-15(17-9-16(14)17)19(18)22(24)28/h3-8,10,14-19H,9H2,1-2H3,(H,23,26)/t10-,14-,15-,16-,17+,18+,19+/m1/s1. The van der Waals surface area contributed by atoms with E-state index in [1.165, 1.54) is 11.8 Å². The number of amides is 3. The molecule has 6 rings (SSSR count). The predicted octanol–water partition coefficient (Wildman–Crippen LogP) is 2.27. The first-order valence-electron chi connectivity index (χ1n) is 9.85. The van der Waals surface area contributed by atoms with Crippen molar-refractivity contribution in [2.24, 2.45) is 35.5 Å². The smallest absolute Gasteiger partial charge is 0.247 e. The van der Waals surface area contributed by atoms with Crippen molar-refractivity contribution in [1.82, 2.24) is 4.90 Å². The zero-order chi connectivity index (χ0) is 19.7. The molecule has 28 heavy (non-hydrogen) atoms. The first-order valence-corrected chi connectivity index (χ1v) is 9.85. The second-order valence-electron chi connectivity index (χ2n) is 8.50. The Bertz CT molecular complexity index is 916. The number of benzene rings is 1. The lowest BCUT2D eigenvalue weighted by Gasteiger charge is -2.37. The van der Waals surface area contributed by atoms with Gasteiger partial charge in [0, 0.05) is 11.3 Å². The van der Waals surface area contributed by atoms with Crippen molar-refractivity contribution >= 4 is 29.2 Å². The van der Waals surface area contributed by atoms with Crippen molar-refractivity contribution in [3.8, 4) is 0 Å². The molecule has 144 valence electrons. The highest BCUT2D eigenvalue weighted by atomic mass is 16.2. The number of imide groups is 1. The molecule has 0 aromatic heterocycles. The third kappa shape index (κ3) is 2.33. The molecule has 1 heterocycles. The van der Waals surface area contributed by atoms with E-state index in [1.54, 1.807) is 31.2 Å². The molecule has 6 heteroatoms. The zero-order valence-corrected chi connectivity index (χ0v) is 15.8. The maximum absolute atomic E-state index is 13.1. The molecular formula is C22H22N2O4. The fraction of sp³-hybridized carbons (Fsp3) is 0.455. The molecule has 2 bridgehead atoms. The van der Waals surface area contributed by atoms with Crippen LogP contribution in [-0.2, 0) is 14.4 Å². The Balaban J connectivity index is 1.36. The lowest BCUT2D eigenvalue weighted by molar-refractivity contribution is -0.146. The number of carbonyl (C=O) groups is 4. The number of carbonyl (C=O) groups excluding carboxylic acids is 4. The third-order valence-corrected chi connectivity index (χ3v) is 7.00. The molecule has 0 radical (unpaired) electrons. The molecule has 6 nitrogen and oxygen atoms in total. The lowest BCUT2D eigenvalue weighted by Crippen LogP contribution is -2.46. The number of Topliss-reactive ketones (excluding diaryl/α,β-unsaturated/α-hetero) is 1. The van der Waals surface area contributed by atoms with Gasteiger partial charge < -0.3 is 5.32 Å². The number of anilines is 1. The van der Waals surface area contributed by atoms with Crippen LogP contribution in [0.1, 0.15) is 30.6 Å². The minimum atomic E-state index is -0.887. The molecule has 1 aromatic rings. The van der Waals surface area contributed by atoms with Crippen molar-refractivity contribution < 1.29 is 19.2 Å². The first kappa shape index (κ1) is 17.3. The quantitative estimate of drug-likeness (QED) is 0.495. The number of nitrogens with one attached hydrogen (secondary N) is 1. The fourth-order valence-electron chi connectivity index (χ4n) is 5.54. The highest BCUT2D eigenvalue weighted by Crippen LogP contribution is 2.65. The van der Waals surface area contributed by atoms with E-state index in [1.807, 2.05) is 0 Å². The van der Waals surface area contributed by atoms with E-state index in [0.29, 0.717) is 23.1 Å². The van der Waals surface area contributed by atoms with Gasteiger partial charge in [-0.25, -0.2) is 0 Å². The summed E-state index contributed by atoms with van der Waals surface area (Å²) in [5, 5.41) is 2.74. The van der Waals surface area contributed by atoms with Crippen molar-refractivity contribution in [2.45, 2.75) is 26.3 Å². The first-order chi connectivity index (χ1) is 13.4. The van der Waals surface area contributed by atoms with Gasteiger partial charge in [-0.05, 0) is 56.1 Å². The SMILES string of the molecule is CC(=O)c1cccc(NC(=O)[C@@H](C)N2C(=O)[C@H]3[C@@H]4C=C[C@H]([C@@H]5C[C@H]45)[C@@H]3C2=O)c1. The van der Waals surface area contributed by atoms with Gasteiger partial charge in [0.15, 0.2) is 5.78 Å². The maximum Gasteiger partial charge on any atom is 0.247 e. The van der Waals surface area contributed by atoms with Crippen molar-refractivity contribution in [1.29, 1.82) is 0 Å². The van der Waals surface area contributed by atoms with Crippen LogP contribution < -0.4 is 5.32 Å². The third-order valence-electron chi connectivity index (χ3n) is 7.00. The van der Waals surface area contributed by atoms with Gasteiger partial charge in [0.25, 0.3) is 0 Å². The van der Waals surface area contributed by atoms with E-state index in [0.717, 1.165) is 6.42 Å². The summed E-state index contributed by atoms with van der Waals surface area (Å²) in [4.78, 5) is 51.7. The Hall–Kier alpha value is -2.76. The molecule has 0 unspecified atom stereocenters. The lowest BCUT2D eigenvalue weighted by atomic mass is 9.63. The second kappa shape index (κ2) is 5.87. The Kier molecular flexibility index (Phi) is 3.63. The van der Waals surface area contributed by atoms with E-state index in [2.05, 4.69) is 17.5 Å². The summed E-state index contributed by atoms with van der Waals surface area (Å²) < 4.78 is 0. The van der Waals surface area contributed by atoms with Crippen LogP contribution in [-0.4, -0.2) is 34.4 Å². The van der Waals surface area contributed by atoms with E-state index in [-0.39, 0.29) is 41.3 Å². The highest BCUT2D eigenvalue weighted by Gasteiger charge is 2.67. The average Bonchev–Trinajstić information content (AvgIpc) is 3.45. The monoisotopic (exact) mass is 378 g/mol. The van der Waals surface area contributed by atoms with Crippen LogP contribution in [0.4, 0.5) is 5.69 Å². The second-order valence-corrected chi connectivity index (χ2v) is 8.50. The Morgan fingerprint density at radius 2 is 1.68 bits per heavy atom. The van der Waals surface area contributed by atoms with Gasteiger partial charge >= 0.3 is 0 Å². The molecule has 3 fully saturated rings. The van der Waals surface area contributed by atoms with E-state index >= 15 is 0 Å². The van der Waals surface area contributed by atoms with Crippen LogP contribution in [0.3, 0.4) is 0 Å². The molecule has 0 spiro atoms. The maximum atomic E-state index is 13.1. The minimum Gasteiger partial charge on any atom is -0.324 e. The van der Waals surface area contributed by atoms with E-state index in [9.17, 15) is 19.2 Å². The van der Waals surface area contributed by atoms with Crippen LogP contribution in [0, 0.1) is 35.5 Å². The van der Waals surface area contributed by atoms with Gasteiger partial charge in [-0.3, -0.25) is 24.1 Å². The number of rotatable bonds is 4. The molecule has 4 aliphatic carbocycles. The highest BCUT2D eigenvalue weighted by molar-refractivity contribution is 6.10. The predicted molar refractivity (Wildman–Crippen MR) is 101 cm³/mol. The molecule has 1 aliphatic heterocycles. The minimum absolute atomic E-state index is 0.0975. The molecule has 1 saturated heterocycles. The molecule has 7 atom stereocenters. The van der Waals surface area contributed by atoms with Crippen molar-refractivity contribution in [3.63, 3.8) is 0 Å². The zero-order valence-electron chi connectivity index (χ0n) is 15.8. The summed E-state index contributed by atoms with van der Waals surface area (Å²) in [5.74, 6) is -0.193. The summed E-state index contributed by atoms with van der Waals surface area (Å²) >= 11 is 0. The van der Waals surface area contributed by atoms with Gasteiger partial charge in [-0.1, -0.05) is 24.3 Å². The van der Waals surface area contributed by atoms with E-state index in [4.69, 9.17) is 0 Å². The summed E-state index contributed by atoms with van der Waals surface area (Å²) in [5.41, 5.74) is 0.968. The molecule has 5 aliphatic rings. The molecule has 1 N–H and O–H groups in total. The average molecular weight is 378 g/mol. The number of ketones is 1. The van der Waals surface area contributed by atoms with Crippen LogP contribution in [0.15, 0.2) is 36.4 Å².